The quantitative estimate of drug-likeness (QED) is 0.0169. The molecule has 17 nitrogen and oxygen atoms in total. The number of phosphoric acid groups is 2. The van der Waals surface area contributed by atoms with Gasteiger partial charge < -0.3 is 33.8 Å². The van der Waals surface area contributed by atoms with Gasteiger partial charge >= 0.3 is 39.5 Å². The van der Waals surface area contributed by atoms with Gasteiger partial charge in [-0.2, -0.15) is 0 Å². The molecular weight excluding hydrogens is 1450 g/mol. The molecule has 0 aromatic carbocycles. The summed E-state index contributed by atoms with van der Waals surface area (Å²) in [7, 11) is -10.0. The Kier molecular flexibility index (Phi) is 77.9. The predicted octanol–water partition coefficient (Wildman–Crippen LogP) is 25.4. The maximum Gasteiger partial charge on any atom is 0.472 e. The third-order valence-corrected chi connectivity index (χ3v) is 18.6. The smallest absolute Gasteiger partial charge is 0.462 e. The zero-order chi connectivity index (χ0) is 81.7. The minimum Gasteiger partial charge on any atom is -0.462 e. The first-order chi connectivity index (χ1) is 54.7. The van der Waals surface area contributed by atoms with Crippen LogP contribution in [0.5, 0.6) is 0 Å². The minimum absolute atomic E-state index is 0.0192. The predicted molar refractivity (Wildman–Crippen MR) is 463 cm³/mol. The van der Waals surface area contributed by atoms with Gasteiger partial charge in [-0.1, -0.05) is 298 Å². The van der Waals surface area contributed by atoms with E-state index in [2.05, 4.69) is 216 Å². The molecule has 0 spiro atoms. The maximum atomic E-state index is 13.1. The lowest BCUT2D eigenvalue weighted by atomic mass is 10.1. The fourth-order valence-electron chi connectivity index (χ4n) is 10.4. The first kappa shape index (κ1) is 106. The molecule has 3 N–H and O–H groups in total. The number of phosphoric ester groups is 2. The van der Waals surface area contributed by atoms with Crippen LogP contribution in [0.25, 0.3) is 0 Å². The van der Waals surface area contributed by atoms with E-state index in [4.69, 9.17) is 37.0 Å². The van der Waals surface area contributed by atoms with Crippen LogP contribution in [0.15, 0.2) is 207 Å². The van der Waals surface area contributed by atoms with Gasteiger partial charge in [0.1, 0.15) is 19.3 Å². The third-order valence-electron chi connectivity index (χ3n) is 16.7. The van der Waals surface area contributed by atoms with Crippen LogP contribution in [-0.2, 0) is 65.4 Å². The van der Waals surface area contributed by atoms with Crippen LogP contribution < -0.4 is 0 Å². The van der Waals surface area contributed by atoms with Crippen molar-refractivity contribution in [3.8, 4) is 0 Å². The Balaban J connectivity index is 5.54. The number of hydrogen-bond acceptors (Lipinski definition) is 15. The average molecular weight is 1600 g/mol. The molecule has 0 fully saturated rings. The largest absolute Gasteiger partial charge is 0.472 e. The highest BCUT2D eigenvalue weighted by Crippen LogP contribution is 2.45. The molecular formula is C93H148O17P2. The summed E-state index contributed by atoms with van der Waals surface area (Å²) in [6.07, 6.45) is 104. The molecule has 0 saturated heterocycles. The second-order valence-electron chi connectivity index (χ2n) is 27.3. The third kappa shape index (κ3) is 81.6. The van der Waals surface area contributed by atoms with E-state index < -0.39 is 97.5 Å². The summed E-state index contributed by atoms with van der Waals surface area (Å²) < 4.78 is 68.7. The summed E-state index contributed by atoms with van der Waals surface area (Å²) in [5, 5.41) is 10.7. The lowest BCUT2D eigenvalue weighted by Gasteiger charge is -2.21. The molecule has 0 bridgehead atoms. The molecule has 112 heavy (non-hydrogen) atoms. The number of aliphatic hydroxyl groups excluding tert-OH is 1. The summed E-state index contributed by atoms with van der Waals surface area (Å²) >= 11 is 0. The lowest BCUT2D eigenvalue weighted by Crippen LogP contribution is -2.30. The molecule has 0 aliphatic rings. The second-order valence-corrected chi connectivity index (χ2v) is 30.2. The molecule has 0 aromatic heterocycles. The SMILES string of the molecule is CC/C=C\C/C=C\C/C=C\C/C=C\C/C=C\C/C=C\CCC(=O)OCC(COP(=O)(O)OCC(O)COP(=O)(O)OCC(COC(=O)CCCCC/C=C\C/C=C\C/C=C\C/C=C\C/C=C\CC)OC(=O)CCCCCCC/C=C\CCCCCCCC)OC(=O)CCCCC/C=C\C/C=C\C/C=C\C/C=C\C/C=C\CC. The van der Waals surface area contributed by atoms with E-state index in [1.165, 1.54) is 38.5 Å². The van der Waals surface area contributed by atoms with Crippen molar-refractivity contribution in [2.75, 3.05) is 39.6 Å². The van der Waals surface area contributed by atoms with Crippen molar-refractivity contribution in [3.05, 3.63) is 207 Å². The summed E-state index contributed by atoms with van der Waals surface area (Å²) in [4.78, 5) is 73.2. The Bertz CT molecular complexity index is 2940. The lowest BCUT2D eigenvalue weighted by molar-refractivity contribution is -0.161. The van der Waals surface area contributed by atoms with E-state index in [1.807, 2.05) is 18.2 Å². The number of aliphatic hydroxyl groups is 1. The van der Waals surface area contributed by atoms with Crippen molar-refractivity contribution in [1.82, 2.24) is 0 Å². The Hall–Kier alpha value is -6.36. The number of allylic oxidation sites excluding steroid dienone is 34. The van der Waals surface area contributed by atoms with Gasteiger partial charge in [0.2, 0.25) is 0 Å². The van der Waals surface area contributed by atoms with Gasteiger partial charge in [-0.25, -0.2) is 9.13 Å². The number of unbranched alkanes of at least 4 members (excludes halogenated alkanes) is 17. The molecule has 0 aliphatic carbocycles. The summed E-state index contributed by atoms with van der Waals surface area (Å²) in [6, 6.07) is 0. The van der Waals surface area contributed by atoms with Gasteiger partial charge in [0.05, 0.1) is 26.4 Å². The fourth-order valence-corrected chi connectivity index (χ4v) is 12.0. The highest BCUT2D eigenvalue weighted by atomic mass is 31.2. The van der Waals surface area contributed by atoms with Crippen molar-refractivity contribution in [3.63, 3.8) is 0 Å². The van der Waals surface area contributed by atoms with E-state index in [1.54, 1.807) is 0 Å². The average Bonchev–Trinajstić information content (AvgIpc) is 0.898. The number of rotatable bonds is 77. The van der Waals surface area contributed by atoms with Crippen LogP contribution in [0.2, 0.25) is 0 Å². The van der Waals surface area contributed by atoms with E-state index in [0.29, 0.717) is 32.1 Å². The molecule has 0 aliphatic heterocycles. The van der Waals surface area contributed by atoms with Crippen LogP contribution in [0.4, 0.5) is 0 Å². The van der Waals surface area contributed by atoms with Crippen LogP contribution in [0, 0.1) is 0 Å². The topological polar surface area (TPSA) is 237 Å². The Morgan fingerprint density at radius 1 is 0.259 bits per heavy atom. The number of ether oxygens (including phenoxy) is 4. The molecule has 0 rings (SSSR count). The number of hydrogen-bond donors (Lipinski definition) is 3. The van der Waals surface area contributed by atoms with Gasteiger partial charge in [-0.3, -0.25) is 37.3 Å². The fraction of sp³-hybridized carbons (Fsp3) is 0.591. The molecule has 0 radical (unpaired) electrons. The second kappa shape index (κ2) is 82.6. The summed E-state index contributed by atoms with van der Waals surface area (Å²) in [5.74, 6) is -2.37. The monoisotopic (exact) mass is 1600 g/mol. The molecule has 19 heteroatoms. The number of esters is 4. The molecule has 5 unspecified atom stereocenters. The van der Waals surface area contributed by atoms with E-state index >= 15 is 0 Å². The van der Waals surface area contributed by atoms with Gasteiger partial charge in [0.15, 0.2) is 12.2 Å². The Morgan fingerprint density at radius 2 is 0.482 bits per heavy atom. The molecule has 5 atom stereocenters. The van der Waals surface area contributed by atoms with Crippen molar-refractivity contribution in [2.45, 2.75) is 316 Å². The molecule has 0 aromatic rings. The maximum absolute atomic E-state index is 13.1. The van der Waals surface area contributed by atoms with Gasteiger partial charge in [0, 0.05) is 25.7 Å². The highest BCUT2D eigenvalue weighted by molar-refractivity contribution is 7.47. The van der Waals surface area contributed by atoms with Crippen molar-refractivity contribution >= 4 is 39.5 Å². The van der Waals surface area contributed by atoms with E-state index in [0.717, 1.165) is 173 Å². The van der Waals surface area contributed by atoms with Crippen molar-refractivity contribution in [2.24, 2.45) is 0 Å². The Labute approximate surface area is 678 Å². The molecule has 0 heterocycles. The first-order valence-electron chi connectivity index (χ1n) is 42.3. The van der Waals surface area contributed by atoms with Gasteiger partial charge in [0.25, 0.3) is 0 Å². The summed E-state index contributed by atoms with van der Waals surface area (Å²) in [6.45, 7) is 4.35. The zero-order valence-electron chi connectivity index (χ0n) is 69.3. The highest BCUT2D eigenvalue weighted by Gasteiger charge is 2.30. The number of carbonyl (C=O) groups is 4. The van der Waals surface area contributed by atoms with Crippen LogP contribution in [0.3, 0.4) is 0 Å². The van der Waals surface area contributed by atoms with Crippen molar-refractivity contribution in [1.29, 1.82) is 0 Å². The number of carbonyl (C=O) groups excluding carboxylic acids is 4. The minimum atomic E-state index is -5.02. The van der Waals surface area contributed by atoms with Crippen LogP contribution in [-0.4, -0.2) is 96.7 Å². The standard InChI is InChI=1S/C93H148O17P2/c1-5-9-13-17-21-25-29-33-37-40-43-46-50-53-57-61-65-69-73-77-90(95)103-83-88(109-92(97)79-75-71-67-63-59-55-49-36-32-28-24-20-16-12-8-4)85-107-111(99,100)105-81-87(94)82-106-112(101,102)108-86-89(110-93(98)80-76-72-68-64-60-56-52-48-45-42-39-35-31-27-23-19-15-11-7-3)84-104-91(96)78-74-70-66-62-58-54-51-47-44-41-38-34-30-26-22-18-14-10-6-2/h9-11,13-15,21-23,25-27,33-39,43-49,53-54,56-58,60,66,70,87-89,94H,5-8,12,16-20,24,28-32,40-42,50-52,55,59,61-65,67-69,71-86H2,1-4H3,(H,99,100)(H,101,102)/b13-9-,14-10-,15-11-,25-21-,26-22-,27-23-,37-33-,38-34-,39-35-,46-43-,47-44-,48-45-,49-36-,57-53-,58-54-,60-56-,70-66-. The zero-order valence-corrected chi connectivity index (χ0v) is 71.0. The van der Waals surface area contributed by atoms with Crippen molar-refractivity contribution < 1.29 is 80.2 Å². The van der Waals surface area contributed by atoms with E-state index in [9.17, 15) is 43.2 Å². The Morgan fingerprint density at radius 3 is 0.786 bits per heavy atom. The normalized spacial score (nSPS) is 14.8. The van der Waals surface area contributed by atoms with Gasteiger partial charge in [-0.05, 0) is 180 Å². The van der Waals surface area contributed by atoms with Gasteiger partial charge in [-0.15, -0.1) is 0 Å². The molecule has 0 amide bonds. The summed E-state index contributed by atoms with van der Waals surface area (Å²) in [5.41, 5.74) is 0. The van der Waals surface area contributed by atoms with Crippen LogP contribution in [0.1, 0.15) is 297 Å². The molecule has 632 valence electrons. The first-order valence-corrected chi connectivity index (χ1v) is 45.3. The molecule has 0 saturated carbocycles. The van der Waals surface area contributed by atoms with Crippen LogP contribution >= 0.6 is 15.6 Å². The van der Waals surface area contributed by atoms with E-state index in [-0.39, 0.29) is 25.7 Å².